The maximum atomic E-state index is 13.5. The van der Waals surface area contributed by atoms with Crippen molar-refractivity contribution in [3.05, 3.63) is 96.2 Å². The molecule has 208 valence electrons. The van der Waals surface area contributed by atoms with Gasteiger partial charge in [-0.3, -0.25) is 0 Å². The quantitative estimate of drug-likeness (QED) is 0.120. The second kappa shape index (κ2) is 10.7. The van der Waals surface area contributed by atoms with Crippen LogP contribution in [0.15, 0.2) is 89.9 Å². The fourth-order valence-electron chi connectivity index (χ4n) is 3.83. The third-order valence-electron chi connectivity index (χ3n) is 5.68. The number of guanidine groups is 1. The average Bonchev–Trinajstić information content (AvgIpc) is 2.93. The molecule has 0 bridgehead atoms. The number of para-hydroxylation sites is 2. The van der Waals surface area contributed by atoms with Crippen molar-refractivity contribution in [3.8, 4) is 11.3 Å². The minimum atomic E-state index is -5.10. The van der Waals surface area contributed by atoms with Crippen molar-refractivity contribution in [2.45, 2.75) is 12.4 Å². The molecule has 0 unspecified atom stereocenters. The van der Waals surface area contributed by atoms with Gasteiger partial charge in [0.2, 0.25) is 0 Å². The fourth-order valence-corrected chi connectivity index (χ4v) is 3.83. The largest absolute Gasteiger partial charge is 0.433 e. The Hall–Kier alpha value is -5.27. The second-order valence-corrected chi connectivity index (χ2v) is 8.55. The van der Waals surface area contributed by atoms with Gasteiger partial charge in [0.25, 0.3) is 0 Å². The second-order valence-electron chi connectivity index (χ2n) is 8.55. The number of nitrogens with zero attached hydrogens (tertiary/aromatic N) is 5. The summed E-state index contributed by atoms with van der Waals surface area (Å²) in [5, 5.41) is 13.4. The molecule has 0 spiro atoms. The van der Waals surface area contributed by atoms with Crippen LogP contribution in [-0.2, 0) is 12.4 Å². The fraction of sp³-hybridized carbons (Fsp3) is 0.0741. The first-order chi connectivity index (χ1) is 19.5. The van der Waals surface area contributed by atoms with Crippen LogP contribution in [0.1, 0.15) is 11.3 Å². The maximum absolute atomic E-state index is 13.5. The SMILES string of the molecule is NC(=Nc1ccc(-c2ccccc2)nn1)Nc1ccccc1Nc1ccc2c(C(F)(F)F)cc(C(F)(F)F)nc2n1. The highest BCUT2D eigenvalue weighted by Crippen LogP contribution is 2.38. The summed E-state index contributed by atoms with van der Waals surface area (Å²) < 4.78 is 80.2. The summed E-state index contributed by atoms with van der Waals surface area (Å²) in [6, 6.07) is 21.5. The summed E-state index contributed by atoms with van der Waals surface area (Å²) >= 11 is 0. The van der Waals surface area contributed by atoms with E-state index in [1.54, 1.807) is 36.4 Å². The summed E-state index contributed by atoms with van der Waals surface area (Å²) in [4.78, 5) is 11.4. The number of nitrogens with two attached hydrogens (primary N) is 1. The van der Waals surface area contributed by atoms with Crippen LogP contribution in [0.2, 0.25) is 0 Å². The monoisotopic (exact) mass is 568 g/mol. The zero-order chi connectivity index (χ0) is 29.2. The molecule has 3 aromatic heterocycles. The highest BCUT2D eigenvalue weighted by Gasteiger charge is 2.39. The van der Waals surface area contributed by atoms with Gasteiger partial charge < -0.3 is 16.4 Å². The molecule has 0 aliphatic heterocycles. The average molecular weight is 568 g/mol. The molecule has 14 heteroatoms. The number of hydrogen-bond acceptors (Lipinski definition) is 6. The molecule has 0 amide bonds. The summed E-state index contributed by atoms with van der Waals surface area (Å²) in [5.41, 5.74) is 4.40. The predicted octanol–water partition coefficient (Wildman–Crippen LogP) is 6.93. The van der Waals surface area contributed by atoms with Crippen LogP contribution in [0, 0.1) is 0 Å². The van der Waals surface area contributed by atoms with E-state index >= 15 is 0 Å². The van der Waals surface area contributed by atoms with E-state index in [2.05, 4.69) is 35.8 Å². The summed E-state index contributed by atoms with van der Waals surface area (Å²) in [5.74, 6) is 0.117. The molecule has 8 nitrogen and oxygen atoms in total. The Labute approximate surface area is 228 Å². The number of alkyl halides is 6. The van der Waals surface area contributed by atoms with Crippen LogP contribution in [0.25, 0.3) is 22.3 Å². The number of anilines is 3. The van der Waals surface area contributed by atoms with Crippen LogP contribution in [0.5, 0.6) is 0 Å². The molecule has 0 saturated heterocycles. The van der Waals surface area contributed by atoms with Gasteiger partial charge in [-0.05, 0) is 42.5 Å². The Morgan fingerprint density at radius 1 is 0.732 bits per heavy atom. The molecule has 0 atom stereocenters. The highest BCUT2D eigenvalue weighted by molar-refractivity contribution is 5.97. The van der Waals surface area contributed by atoms with Gasteiger partial charge in [-0.2, -0.15) is 31.3 Å². The molecule has 0 fully saturated rings. The lowest BCUT2D eigenvalue weighted by molar-refractivity contribution is -0.144. The molecule has 3 heterocycles. The summed E-state index contributed by atoms with van der Waals surface area (Å²) in [6.45, 7) is 0. The van der Waals surface area contributed by atoms with Gasteiger partial charge in [-0.25, -0.2) is 9.97 Å². The van der Waals surface area contributed by atoms with Crippen LogP contribution < -0.4 is 16.4 Å². The van der Waals surface area contributed by atoms with Gasteiger partial charge in [0.15, 0.2) is 17.4 Å². The van der Waals surface area contributed by atoms with E-state index in [-0.39, 0.29) is 23.7 Å². The van der Waals surface area contributed by atoms with E-state index in [4.69, 9.17) is 5.73 Å². The van der Waals surface area contributed by atoms with Crippen LogP contribution >= 0.6 is 0 Å². The van der Waals surface area contributed by atoms with Gasteiger partial charge in [-0.1, -0.05) is 42.5 Å². The maximum Gasteiger partial charge on any atom is 0.433 e. The van der Waals surface area contributed by atoms with E-state index in [0.717, 1.165) is 11.6 Å². The molecular weight excluding hydrogens is 550 g/mol. The number of aromatic nitrogens is 4. The lowest BCUT2D eigenvalue weighted by atomic mass is 10.1. The van der Waals surface area contributed by atoms with Crippen molar-refractivity contribution in [1.29, 1.82) is 0 Å². The summed E-state index contributed by atoms with van der Waals surface area (Å²) in [6.07, 6.45) is -10.1. The Balaban J connectivity index is 1.40. The zero-order valence-corrected chi connectivity index (χ0v) is 20.7. The molecule has 0 radical (unpaired) electrons. The van der Waals surface area contributed by atoms with E-state index < -0.39 is 34.6 Å². The normalized spacial score (nSPS) is 12.4. The smallest absolute Gasteiger partial charge is 0.369 e. The first kappa shape index (κ1) is 27.3. The third kappa shape index (κ3) is 6.32. The van der Waals surface area contributed by atoms with Crippen LogP contribution in [0.3, 0.4) is 0 Å². The topological polar surface area (TPSA) is 114 Å². The molecule has 5 aromatic rings. The Morgan fingerprint density at radius 3 is 2.10 bits per heavy atom. The Kier molecular flexibility index (Phi) is 7.13. The van der Waals surface area contributed by atoms with Gasteiger partial charge in [0.05, 0.1) is 22.6 Å². The Morgan fingerprint density at radius 2 is 1.44 bits per heavy atom. The van der Waals surface area contributed by atoms with E-state index in [1.807, 2.05) is 30.3 Å². The molecule has 0 saturated carbocycles. The lowest BCUT2D eigenvalue weighted by Crippen LogP contribution is -2.22. The van der Waals surface area contributed by atoms with Gasteiger partial charge in [-0.15, -0.1) is 10.2 Å². The number of benzene rings is 2. The Bertz CT molecular complexity index is 1720. The van der Waals surface area contributed by atoms with Gasteiger partial charge >= 0.3 is 12.4 Å². The predicted molar refractivity (Wildman–Crippen MR) is 142 cm³/mol. The lowest BCUT2D eigenvalue weighted by Gasteiger charge is -2.15. The molecule has 5 rings (SSSR count). The minimum Gasteiger partial charge on any atom is -0.369 e. The molecular formula is C27H18F6N8. The van der Waals surface area contributed by atoms with Crippen LogP contribution in [0.4, 0.5) is 49.4 Å². The molecule has 0 aliphatic rings. The van der Waals surface area contributed by atoms with Crippen molar-refractivity contribution >= 4 is 40.0 Å². The van der Waals surface area contributed by atoms with Crippen molar-refractivity contribution < 1.29 is 26.3 Å². The number of fused-ring (bicyclic) bond motifs is 1. The first-order valence-electron chi connectivity index (χ1n) is 11.8. The minimum absolute atomic E-state index is 0.0297. The van der Waals surface area contributed by atoms with Crippen molar-refractivity contribution in [2.75, 3.05) is 10.6 Å². The molecule has 41 heavy (non-hydrogen) atoms. The number of halogens is 6. The number of rotatable bonds is 5. The van der Waals surface area contributed by atoms with Crippen molar-refractivity contribution in [2.24, 2.45) is 10.7 Å². The van der Waals surface area contributed by atoms with Crippen molar-refractivity contribution in [1.82, 2.24) is 20.2 Å². The van der Waals surface area contributed by atoms with Crippen molar-refractivity contribution in [3.63, 3.8) is 0 Å². The van der Waals surface area contributed by atoms with Gasteiger partial charge in [0.1, 0.15) is 11.5 Å². The highest BCUT2D eigenvalue weighted by atomic mass is 19.4. The van der Waals surface area contributed by atoms with Gasteiger partial charge in [0, 0.05) is 10.9 Å². The molecule has 0 aliphatic carbocycles. The number of hydrogen-bond donors (Lipinski definition) is 3. The van der Waals surface area contributed by atoms with E-state index in [1.165, 1.54) is 6.07 Å². The number of nitrogens with one attached hydrogen (secondary N) is 2. The van der Waals surface area contributed by atoms with E-state index in [9.17, 15) is 26.3 Å². The molecule has 4 N–H and O–H groups in total. The van der Waals surface area contributed by atoms with Crippen LogP contribution in [-0.4, -0.2) is 26.1 Å². The third-order valence-corrected chi connectivity index (χ3v) is 5.68. The number of aliphatic imine (C=N–C) groups is 1. The standard InChI is InChI=1S/C27H18F6N8/c28-26(29,30)17-14-21(27(31,32)33)37-24-16(17)10-12-22(38-24)35-19-8-4-5-9-20(19)36-25(34)39-23-13-11-18(40-41-23)15-6-2-1-3-7-15/h1-14H,(H,35,37,38)(H3,34,36,39,41). The first-order valence-corrected chi connectivity index (χ1v) is 11.8. The molecule has 2 aromatic carbocycles. The number of pyridine rings is 2. The zero-order valence-electron chi connectivity index (χ0n) is 20.7. The summed E-state index contributed by atoms with van der Waals surface area (Å²) in [7, 11) is 0. The van der Waals surface area contributed by atoms with E-state index in [0.29, 0.717) is 17.1 Å².